The zero-order chi connectivity index (χ0) is 19.9. The van der Waals surface area contributed by atoms with E-state index >= 15 is 0 Å². The summed E-state index contributed by atoms with van der Waals surface area (Å²) in [6.45, 7) is 1.87. The highest BCUT2D eigenvalue weighted by Gasteiger charge is 2.30. The van der Waals surface area contributed by atoms with E-state index in [1.165, 1.54) is 36.6 Å². The summed E-state index contributed by atoms with van der Waals surface area (Å²) in [4.78, 5) is 14.2. The van der Waals surface area contributed by atoms with Crippen LogP contribution in [0, 0.1) is 12.7 Å². The van der Waals surface area contributed by atoms with E-state index in [0.29, 0.717) is 4.88 Å². The van der Waals surface area contributed by atoms with E-state index in [1.54, 1.807) is 6.07 Å². The van der Waals surface area contributed by atoms with Gasteiger partial charge in [0, 0.05) is 22.1 Å². The zero-order valence-electron chi connectivity index (χ0n) is 14.0. The number of aryl methyl sites for hydroxylation is 1. The molecule has 0 aliphatic carbocycles. The molecule has 2 aromatic rings. The molecule has 1 aromatic heterocycles. The molecule has 1 aliphatic rings. The fourth-order valence-electron chi connectivity index (χ4n) is 2.24. The van der Waals surface area contributed by atoms with Crippen LogP contribution in [0.5, 0.6) is 0 Å². The van der Waals surface area contributed by atoms with Gasteiger partial charge in [-0.15, -0.1) is 15.7 Å². The Morgan fingerprint density at radius 2 is 2.07 bits per heavy atom. The highest BCUT2D eigenvalue weighted by Crippen LogP contribution is 2.30. The van der Waals surface area contributed by atoms with E-state index < -0.39 is 21.9 Å². The van der Waals surface area contributed by atoms with Gasteiger partial charge < -0.3 is 5.32 Å². The van der Waals surface area contributed by atoms with Crippen LogP contribution in [0.15, 0.2) is 44.9 Å². The quantitative estimate of drug-likeness (QED) is 0.700. The number of carbonyl (C=O) groups excluding carboxylic acids is 1. The number of hydrogen-bond acceptors (Lipinski definition) is 4. The Hall–Kier alpha value is -1.75. The molecule has 27 heavy (non-hydrogen) atoms. The molecule has 0 atom stereocenters. The van der Waals surface area contributed by atoms with Gasteiger partial charge in [0.15, 0.2) is 0 Å². The molecule has 0 saturated carbocycles. The summed E-state index contributed by atoms with van der Waals surface area (Å²) in [7, 11) is -2.84. The van der Waals surface area contributed by atoms with E-state index in [4.69, 9.17) is 11.6 Å². The van der Waals surface area contributed by atoms with Crippen molar-refractivity contribution in [2.75, 3.05) is 12.4 Å². The lowest BCUT2D eigenvalue weighted by molar-refractivity contribution is -0.113. The minimum absolute atomic E-state index is 0.123. The Kier molecular flexibility index (Phi) is 5.44. The first-order valence-corrected chi connectivity index (χ1v) is 10.8. The Morgan fingerprint density at radius 3 is 2.67 bits per heavy atom. The van der Waals surface area contributed by atoms with Gasteiger partial charge in [0.25, 0.3) is 5.91 Å². The van der Waals surface area contributed by atoms with Crippen molar-refractivity contribution >= 4 is 66.4 Å². The number of allylic oxidation sites excluding steroid dienone is 1. The van der Waals surface area contributed by atoms with E-state index in [0.717, 1.165) is 19.7 Å². The highest BCUT2D eigenvalue weighted by atomic mass is 79.9. The molecule has 1 aliphatic heterocycles. The summed E-state index contributed by atoms with van der Waals surface area (Å²) in [6.07, 6.45) is 1.39. The number of carbonyl (C=O) groups is 1. The Bertz CT molecular complexity index is 1090. The third-order valence-corrected chi connectivity index (χ3v) is 7.46. The molecule has 0 bridgehead atoms. The summed E-state index contributed by atoms with van der Waals surface area (Å²) >= 11 is 10.4. The number of likely N-dealkylation sites (N-methyl/N-ethyl adjacent to an activating group) is 1. The maximum atomic E-state index is 13.3. The summed E-state index contributed by atoms with van der Waals surface area (Å²) in [5.74, 6) is -1.32. The van der Waals surface area contributed by atoms with Gasteiger partial charge >= 0.3 is 10.2 Å². The predicted molar refractivity (Wildman–Crippen MR) is 108 cm³/mol. The van der Waals surface area contributed by atoms with Gasteiger partial charge in [0.1, 0.15) is 11.5 Å². The maximum absolute atomic E-state index is 13.3. The normalized spacial score (nSPS) is 16.0. The third-order valence-electron chi connectivity index (χ3n) is 3.69. The fourth-order valence-corrected chi connectivity index (χ4v) is 4.88. The number of nitrogens with zero attached hydrogens (tertiary/aromatic N) is 2. The van der Waals surface area contributed by atoms with E-state index in [9.17, 15) is 17.6 Å². The van der Waals surface area contributed by atoms with Crippen molar-refractivity contribution in [3.05, 3.63) is 61.1 Å². The van der Waals surface area contributed by atoms with Crippen molar-refractivity contribution in [1.29, 1.82) is 0 Å². The molecule has 11 heteroatoms. The van der Waals surface area contributed by atoms with E-state index in [1.807, 2.05) is 6.92 Å². The first kappa shape index (κ1) is 20.0. The zero-order valence-corrected chi connectivity index (χ0v) is 17.9. The Labute approximate surface area is 172 Å². The lowest BCUT2D eigenvalue weighted by Gasteiger charge is -2.23. The van der Waals surface area contributed by atoms with Crippen LogP contribution in [0.25, 0.3) is 0 Å². The molecule has 0 saturated heterocycles. The predicted octanol–water partition coefficient (Wildman–Crippen LogP) is 4.11. The van der Waals surface area contributed by atoms with Crippen LogP contribution >= 0.6 is 38.9 Å². The summed E-state index contributed by atoms with van der Waals surface area (Å²) in [5, 5.41) is 2.35. The second kappa shape index (κ2) is 7.34. The van der Waals surface area contributed by atoms with Gasteiger partial charge in [0.2, 0.25) is 0 Å². The highest BCUT2D eigenvalue weighted by molar-refractivity contribution is 9.10. The van der Waals surface area contributed by atoms with Crippen LogP contribution in [-0.4, -0.2) is 31.4 Å². The Morgan fingerprint density at radius 1 is 1.37 bits per heavy atom. The van der Waals surface area contributed by atoms with Crippen molar-refractivity contribution in [3.8, 4) is 0 Å². The summed E-state index contributed by atoms with van der Waals surface area (Å²) < 4.78 is 43.4. The molecular formula is C16H12BrClFN3O3S2. The second-order valence-corrected chi connectivity index (χ2v) is 9.69. The molecule has 1 aromatic carbocycles. The number of rotatable bonds is 3. The van der Waals surface area contributed by atoms with Crippen LogP contribution < -0.4 is 5.32 Å². The largest absolute Gasteiger partial charge is 0.345 e. The van der Waals surface area contributed by atoms with Crippen LogP contribution in [0.2, 0.25) is 5.02 Å². The van der Waals surface area contributed by atoms with Crippen molar-refractivity contribution in [2.24, 2.45) is 4.40 Å². The fraction of sp³-hybridized carbons (Fsp3) is 0.125. The number of halogens is 3. The summed E-state index contributed by atoms with van der Waals surface area (Å²) in [5.41, 5.74) is 0.272. The number of amides is 1. The minimum atomic E-state index is -4.07. The lowest BCUT2D eigenvalue weighted by atomic mass is 10.2. The first-order chi connectivity index (χ1) is 12.6. The number of nitrogens with one attached hydrogen (secondary N) is 1. The van der Waals surface area contributed by atoms with Gasteiger partial charge in [-0.1, -0.05) is 11.6 Å². The monoisotopic (exact) mass is 491 g/mol. The molecule has 142 valence electrons. The van der Waals surface area contributed by atoms with E-state index in [2.05, 4.69) is 25.6 Å². The maximum Gasteiger partial charge on any atom is 0.345 e. The second-order valence-electron chi connectivity index (χ2n) is 5.55. The first-order valence-electron chi connectivity index (χ1n) is 7.41. The van der Waals surface area contributed by atoms with E-state index in [-0.39, 0.29) is 22.1 Å². The number of hydrogen-bond donors (Lipinski definition) is 1. The molecule has 0 spiro atoms. The molecule has 1 amide bonds. The van der Waals surface area contributed by atoms with Crippen molar-refractivity contribution in [2.45, 2.75) is 6.92 Å². The molecule has 1 N–H and O–H groups in total. The van der Waals surface area contributed by atoms with Gasteiger partial charge in [0.05, 0.1) is 15.6 Å². The molecular weight excluding hydrogens is 481 g/mol. The van der Waals surface area contributed by atoms with Crippen LogP contribution in [0.4, 0.5) is 10.1 Å². The SMILES string of the molecule is Cc1sc(C2=NS(=O)(=O)N(C)C(C(=O)Nc3ccc(F)c(Cl)c3)=C2)cc1Br. The van der Waals surface area contributed by atoms with Crippen molar-refractivity contribution in [3.63, 3.8) is 0 Å². The number of anilines is 1. The molecule has 0 radical (unpaired) electrons. The van der Waals surface area contributed by atoms with Crippen LogP contribution in [-0.2, 0) is 15.0 Å². The standard InChI is InChI=1S/C16H12BrClFN3O3S2/c1-8-10(17)6-15(26-8)13-7-14(22(2)27(24,25)21-13)16(23)20-9-3-4-12(19)11(18)5-9/h3-7H,1-2H3,(H,20,23). The molecule has 3 rings (SSSR count). The van der Waals surface area contributed by atoms with Gasteiger partial charge in [-0.05, 0) is 53.2 Å². The van der Waals surface area contributed by atoms with Gasteiger partial charge in [-0.25, -0.2) is 8.70 Å². The smallest absolute Gasteiger partial charge is 0.321 e. The van der Waals surface area contributed by atoms with Crippen molar-refractivity contribution in [1.82, 2.24) is 4.31 Å². The summed E-state index contributed by atoms with van der Waals surface area (Å²) in [6, 6.07) is 5.41. The molecule has 0 fully saturated rings. The van der Waals surface area contributed by atoms with Crippen LogP contribution in [0.3, 0.4) is 0 Å². The van der Waals surface area contributed by atoms with Gasteiger partial charge in [-0.2, -0.15) is 8.42 Å². The number of thiophene rings is 1. The van der Waals surface area contributed by atoms with Crippen molar-refractivity contribution < 1.29 is 17.6 Å². The molecule has 6 nitrogen and oxygen atoms in total. The number of benzene rings is 1. The van der Waals surface area contributed by atoms with Crippen LogP contribution in [0.1, 0.15) is 9.75 Å². The lowest BCUT2D eigenvalue weighted by Crippen LogP contribution is -2.35. The Balaban J connectivity index is 1.97. The van der Waals surface area contributed by atoms with Gasteiger partial charge in [-0.3, -0.25) is 4.79 Å². The average Bonchev–Trinajstić information content (AvgIpc) is 2.92. The third kappa shape index (κ3) is 4.08. The minimum Gasteiger partial charge on any atom is -0.321 e. The molecule has 2 heterocycles. The molecule has 0 unspecified atom stereocenters. The average molecular weight is 493 g/mol. The topological polar surface area (TPSA) is 78.8 Å².